The molecule has 1 aromatic heterocycles. The van der Waals surface area contributed by atoms with Crippen LogP contribution in [0.2, 0.25) is 0 Å². The lowest BCUT2D eigenvalue weighted by molar-refractivity contribution is -0.137. The Bertz CT molecular complexity index is 838. The zero-order chi connectivity index (χ0) is 16.4. The van der Waals surface area contributed by atoms with E-state index in [9.17, 15) is 18.0 Å². The number of carbonyl (C=O) groups excluding carboxylic acids is 1. The molecule has 0 saturated carbocycles. The average Bonchev–Trinajstić information content (AvgIpc) is 2.96. The third-order valence-electron chi connectivity index (χ3n) is 3.42. The highest BCUT2D eigenvalue weighted by atomic mass is 19.4. The summed E-state index contributed by atoms with van der Waals surface area (Å²) in [7, 11) is 0. The fraction of sp³-hybridized carbons (Fsp3) is 0.125. The molecule has 0 aliphatic rings. The van der Waals surface area contributed by atoms with Gasteiger partial charge in [0.1, 0.15) is 0 Å². The van der Waals surface area contributed by atoms with Gasteiger partial charge >= 0.3 is 6.18 Å². The van der Waals surface area contributed by atoms with E-state index in [4.69, 9.17) is 0 Å². The largest absolute Gasteiger partial charge is 0.416 e. The van der Waals surface area contributed by atoms with Crippen molar-refractivity contribution in [2.24, 2.45) is 0 Å². The summed E-state index contributed by atoms with van der Waals surface area (Å²) in [5.41, 5.74) is 0.858. The first-order valence-corrected chi connectivity index (χ1v) is 6.82. The molecule has 0 radical (unpaired) electrons. The normalized spacial score (nSPS) is 11.6. The lowest BCUT2D eigenvalue weighted by Crippen LogP contribution is -2.23. The lowest BCUT2D eigenvalue weighted by Gasteiger charge is -2.08. The van der Waals surface area contributed by atoms with Gasteiger partial charge in [0.15, 0.2) is 5.69 Å². The van der Waals surface area contributed by atoms with Crippen LogP contribution < -0.4 is 5.32 Å². The number of aromatic nitrogens is 2. The number of halogens is 3. The molecule has 118 valence electrons. The Morgan fingerprint density at radius 2 is 1.78 bits per heavy atom. The first-order chi connectivity index (χ1) is 10.9. The van der Waals surface area contributed by atoms with E-state index in [0.717, 1.165) is 17.6 Å². The number of fused-ring (bicyclic) bond motifs is 1. The van der Waals surface area contributed by atoms with Crippen molar-refractivity contribution in [3.05, 3.63) is 65.4 Å². The van der Waals surface area contributed by atoms with Crippen molar-refractivity contribution in [2.75, 3.05) is 0 Å². The minimum atomic E-state index is -4.37. The number of nitrogens with zero attached hydrogens (tertiary/aromatic N) is 1. The molecule has 0 aliphatic carbocycles. The summed E-state index contributed by atoms with van der Waals surface area (Å²) in [4.78, 5) is 12.1. The number of benzene rings is 2. The zero-order valence-corrected chi connectivity index (χ0v) is 11.8. The van der Waals surface area contributed by atoms with Crippen LogP contribution in [0.3, 0.4) is 0 Å². The fourth-order valence-electron chi connectivity index (χ4n) is 2.21. The molecular formula is C16H12F3N3O. The van der Waals surface area contributed by atoms with Gasteiger partial charge in [0.25, 0.3) is 5.91 Å². The van der Waals surface area contributed by atoms with E-state index in [0.29, 0.717) is 10.9 Å². The second-order valence-electron chi connectivity index (χ2n) is 5.00. The maximum atomic E-state index is 12.5. The molecular weight excluding hydrogens is 307 g/mol. The van der Waals surface area contributed by atoms with E-state index in [1.807, 2.05) is 6.07 Å². The van der Waals surface area contributed by atoms with Crippen LogP contribution in [0.4, 0.5) is 13.2 Å². The number of nitrogens with one attached hydrogen (secondary N) is 2. The first-order valence-electron chi connectivity index (χ1n) is 6.82. The smallest absolute Gasteiger partial charge is 0.347 e. The van der Waals surface area contributed by atoms with Crippen molar-refractivity contribution in [2.45, 2.75) is 12.7 Å². The minimum Gasteiger partial charge on any atom is -0.347 e. The SMILES string of the molecule is O=C(NCc1ccc(C(F)(F)F)cc1)c1n[nH]c2ccccc12. The molecule has 4 nitrogen and oxygen atoms in total. The van der Waals surface area contributed by atoms with Gasteiger partial charge in [-0.25, -0.2) is 0 Å². The van der Waals surface area contributed by atoms with Crippen molar-refractivity contribution < 1.29 is 18.0 Å². The van der Waals surface area contributed by atoms with Crippen LogP contribution in [0.5, 0.6) is 0 Å². The maximum absolute atomic E-state index is 12.5. The third kappa shape index (κ3) is 3.18. The summed E-state index contributed by atoms with van der Waals surface area (Å²) in [6, 6.07) is 11.9. The van der Waals surface area contributed by atoms with E-state index < -0.39 is 11.7 Å². The molecule has 0 aliphatic heterocycles. The Labute approximate surface area is 129 Å². The summed E-state index contributed by atoms with van der Waals surface area (Å²) in [5.74, 6) is -0.387. The Kier molecular flexibility index (Phi) is 3.77. The molecule has 0 bridgehead atoms. The predicted molar refractivity (Wildman–Crippen MR) is 78.7 cm³/mol. The Hall–Kier alpha value is -2.83. The van der Waals surface area contributed by atoms with Crippen LogP contribution in [0.15, 0.2) is 48.5 Å². The Balaban J connectivity index is 1.69. The number of para-hydroxylation sites is 1. The molecule has 23 heavy (non-hydrogen) atoms. The van der Waals surface area contributed by atoms with Gasteiger partial charge in [-0.2, -0.15) is 18.3 Å². The second-order valence-corrected chi connectivity index (χ2v) is 5.00. The van der Waals surface area contributed by atoms with E-state index in [1.54, 1.807) is 18.2 Å². The molecule has 2 N–H and O–H groups in total. The predicted octanol–water partition coefficient (Wildman–Crippen LogP) is 3.51. The number of rotatable bonds is 3. The van der Waals surface area contributed by atoms with Gasteiger partial charge in [-0.05, 0) is 23.8 Å². The van der Waals surface area contributed by atoms with Gasteiger partial charge in [0, 0.05) is 11.9 Å². The lowest BCUT2D eigenvalue weighted by atomic mass is 10.1. The average molecular weight is 319 g/mol. The first kappa shape index (κ1) is 15.1. The molecule has 0 unspecified atom stereocenters. The topological polar surface area (TPSA) is 57.8 Å². The van der Waals surface area contributed by atoms with Crippen molar-refractivity contribution in [1.29, 1.82) is 0 Å². The Morgan fingerprint density at radius 1 is 1.09 bits per heavy atom. The summed E-state index contributed by atoms with van der Waals surface area (Å²) in [5, 5.41) is 10.1. The van der Waals surface area contributed by atoms with Gasteiger partial charge in [-0.3, -0.25) is 9.89 Å². The monoisotopic (exact) mass is 319 g/mol. The van der Waals surface area contributed by atoms with E-state index in [1.165, 1.54) is 12.1 Å². The maximum Gasteiger partial charge on any atom is 0.416 e. The van der Waals surface area contributed by atoms with Crippen LogP contribution in [0, 0.1) is 0 Å². The van der Waals surface area contributed by atoms with Crippen LogP contribution >= 0.6 is 0 Å². The molecule has 0 spiro atoms. The highest BCUT2D eigenvalue weighted by molar-refractivity contribution is 6.04. The second kappa shape index (κ2) is 5.75. The minimum absolute atomic E-state index is 0.123. The number of aromatic amines is 1. The van der Waals surface area contributed by atoms with Gasteiger partial charge in [0.2, 0.25) is 0 Å². The number of alkyl halides is 3. The number of H-pyrrole nitrogens is 1. The molecule has 0 saturated heterocycles. The van der Waals surface area contributed by atoms with Crippen molar-refractivity contribution >= 4 is 16.8 Å². The van der Waals surface area contributed by atoms with E-state index in [-0.39, 0.29) is 18.1 Å². The number of carbonyl (C=O) groups is 1. The van der Waals surface area contributed by atoms with Crippen molar-refractivity contribution in [3.63, 3.8) is 0 Å². The zero-order valence-electron chi connectivity index (χ0n) is 11.8. The van der Waals surface area contributed by atoms with E-state index in [2.05, 4.69) is 15.5 Å². The van der Waals surface area contributed by atoms with Crippen molar-refractivity contribution in [3.8, 4) is 0 Å². The summed E-state index contributed by atoms with van der Waals surface area (Å²) in [6.45, 7) is 0.123. The van der Waals surface area contributed by atoms with Crippen LogP contribution in [0.25, 0.3) is 10.9 Å². The van der Waals surface area contributed by atoms with Crippen LogP contribution in [-0.4, -0.2) is 16.1 Å². The molecule has 2 aromatic carbocycles. The summed E-state index contributed by atoms with van der Waals surface area (Å²) in [6.07, 6.45) is -4.37. The van der Waals surface area contributed by atoms with Crippen LogP contribution in [0.1, 0.15) is 21.6 Å². The fourth-order valence-corrected chi connectivity index (χ4v) is 2.21. The molecule has 0 fully saturated rings. The van der Waals surface area contributed by atoms with Gasteiger partial charge < -0.3 is 5.32 Å². The molecule has 1 heterocycles. The quantitative estimate of drug-likeness (QED) is 0.776. The molecule has 1 amide bonds. The van der Waals surface area contributed by atoms with Gasteiger partial charge in [0.05, 0.1) is 11.1 Å². The summed E-state index contributed by atoms with van der Waals surface area (Å²) < 4.78 is 37.5. The molecule has 3 aromatic rings. The third-order valence-corrected chi connectivity index (χ3v) is 3.42. The standard InChI is InChI=1S/C16H12F3N3O/c17-16(18,19)11-7-5-10(6-8-11)9-20-15(23)14-12-3-1-2-4-13(12)21-22-14/h1-8H,9H2,(H,20,23)(H,21,22). The van der Waals surface area contributed by atoms with Crippen LogP contribution in [-0.2, 0) is 12.7 Å². The van der Waals surface area contributed by atoms with Crippen molar-refractivity contribution in [1.82, 2.24) is 15.5 Å². The van der Waals surface area contributed by atoms with E-state index >= 15 is 0 Å². The number of hydrogen-bond donors (Lipinski definition) is 2. The van der Waals surface area contributed by atoms with Gasteiger partial charge in [-0.15, -0.1) is 0 Å². The molecule has 0 atom stereocenters. The Morgan fingerprint density at radius 3 is 2.48 bits per heavy atom. The summed E-state index contributed by atoms with van der Waals surface area (Å²) >= 11 is 0. The number of amides is 1. The highest BCUT2D eigenvalue weighted by Crippen LogP contribution is 2.29. The molecule has 3 rings (SSSR count). The highest BCUT2D eigenvalue weighted by Gasteiger charge is 2.29. The number of hydrogen-bond acceptors (Lipinski definition) is 2. The molecule has 7 heteroatoms. The van der Waals surface area contributed by atoms with Gasteiger partial charge in [-0.1, -0.05) is 30.3 Å².